The molecule has 1 fully saturated rings. The summed E-state index contributed by atoms with van der Waals surface area (Å²) < 4.78 is 5.33. The molecule has 1 amide bonds. The quantitative estimate of drug-likeness (QED) is 0.370. The van der Waals surface area contributed by atoms with Gasteiger partial charge in [-0.1, -0.05) is 29.9 Å². The lowest BCUT2D eigenvalue weighted by molar-refractivity contribution is -0.104. The van der Waals surface area contributed by atoms with Crippen LogP contribution in [0.25, 0.3) is 0 Å². The Labute approximate surface area is 133 Å². The number of nitrogens with one attached hydrogen (secondary N) is 1. The van der Waals surface area contributed by atoms with Crippen molar-refractivity contribution in [3.05, 3.63) is 35.5 Å². The van der Waals surface area contributed by atoms with Gasteiger partial charge in [0.15, 0.2) is 0 Å². The minimum Gasteiger partial charge on any atom is -0.444 e. The molecule has 0 aromatic rings. The average molecular weight is 305 g/mol. The zero-order valence-corrected chi connectivity index (χ0v) is 14.1. The molecule has 0 aromatic heterocycles. The topological polar surface area (TPSA) is 55.4 Å². The number of hydrogen-bond donors (Lipinski definition) is 1. The maximum absolute atomic E-state index is 12.0. The molecular formula is C18H27NO3. The van der Waals surface area contributed by atoms with Gasteiger partial charge >= 0.3 is 6.09 Å². The van der Waals surface area contributed by atoms with Gasteiger partial charge < -0.3 is 10.1 Å². The number of amides is 1. The number of ether oxygens (including phenoxy) is 1. The lowest BCUT2D eigenvalue weighted by atomic mass is 10.0. The van der Waals surface area contributed by atoms with Crippen molar-refractivity contribution < 1.29 is 14.3 Å². The minimum atomic E-state index is -0.502. The normalized spacial score (nSPS) is 23.0. The van der Waals surface area contributed by atoms with Crippen molar-refractivity contribution in [2.24, 2.45) is 0 Å². The van der Waals surface area contributed by atoms with Crippen LogP contribution in [0.3, 0.4) is 0 Å². The van der Waals surface area contributed by atoms with Crippen molar-refractivity contribution in [3.8, 4) is 0 Å². The Bertz CT molecular complexity index is 495. The van der Waals surface area contributed by atoms with Crippen LogP contribution in [0.4, 0.5) is 4.79 Å². The van der Waals surface area contributed by atoms with Gasteiger partial charge in [-0.05, 0) is 53.4 Å². The van der Waals surface area contributed by atoms with Gasteiger partial charge in [0.2, 0.25) is 0 Å². The first-order chi connectivity index (χ1) is 10.2. The third-order valence-corrected chi connectivity index (χ3v) is 3.54. The van der Waals surface area contributed by atoms with Crippen LogP contribution in [-0.2, 0) is 9.53 Å². The molecule has 1 aliphatic rings. The lowest BCUT2D eigenvalue weighted by Gasteiger charge is -2.24. The fraction of sp³-hybridized carbons (Fsp3) is 0.556. The SMILES string of the molecule is C=C(C=O)/C=C1\CC/C(=C\C)C(NC(=O)OC(C)(C)C)CC1. The van der Waals surface area contributed by atoms with Crippen LogP contribution in [0.1, 0.15) is 53.4 Å². The maximum Gasteiger partial charge on any atom is 0.408 e. The van der Waals surface area contributed by atoms with E-state index < -0.39 is 5.60 Å². The van der Waals surface area contributed by atoms with E-state index in [2.05, 4.69) is 18.0 Å². The van der Waals surface area contributed by atoms with E-state index in [-0.39, 0.29) is 12.1 Å². The molecule has 4 heteroatoms. The van der Waals surface area contributed by atoms with Gasteiger partial charge in [0.25, 0.3) is 0 Å². The molecule has 0 saturated heterocycles. The molecule has 1 saturated carbocycles. The third-order valence-electron chi connectivity index (χ3n) is 3.54. The predicted octanol–water partition coefficient (Wildman–Crippen LogP) is 4.08. The summed E-state index contributed by atoms with van der Waals surface area (Å²) in [4.78, 5) is 22.7. The Morgan fingerprint density at radius 2 is 2.00 bits per heavy atom. The molecule has 1 unspecified atom stereocenters. The van der Waals surface area contributed by atoms with Crippen molar-refractivity contribution in [1.82, 2.24) is 5.32 Å². The van der Waals surface area contributed by atoms with Crippen LogP contribution in [0.2, 0.25) is 0 Å². The third kappa shape index (κ3) is 6.29. The highest BCUT2D eigenvalue weighted by atomic mass is 16.6. The number of allylic oxidation sites excluding steroid dienone is 4. The van der Waals surface area contributed by atoms with Gasteiger partial charge in [-0.2, -0.15) is 0 Å². The molecule has 1 N–H and O–H groups in total. The van der Waals surface area contributed by atoms with Gasteiger partial charge in [0.1, 0.15) is 11.9 Å². The van der Waals surface area contributed by atoms with Crippen molar-refractivity contribution in [3.63, 3.8) is 0 Å². The Morgan fingerprint density at radius 1 is 1.32 bits per heavy atom. The van der Waals surface area contributed by atoms with Crippen molar-refractivity contribution in [2.75, 3.05) is 0 Å². The van der Waals surface area contributed by atoms with E-state index in [1.807, 2.05) is 33.8 Å². The summed E-state index contributed by atoms with van der Waals surface area (Å²) in [5.41, 5.74) is 2.39. The van der Waals surface area contributed by atoms with Gasteiger partial charge in [-0.25, -0.2) is 4.79 Å². The molecule has 0 aliphatic heterocycles. The highest BCUT2D eigenvalue weighted by Crippen LogP contribution is 2.27. The molecule has 0 bridgehead atoms. The first-order valence-electron chi connectivity index (χ1n) is 7.73. The molecule has 0 heterocycles. The largest absolute Gasteiger partial charge is 0.444 e. The molecule has 22 heavy (non-hydrogen) atoms. The van der Waals surface area contributed by atoms with E-state index in [0.717, 1.165) is 32.0 Å². The summed E-state index contributed by atoms with van der Waals surface area (Å²) in [6.45, 7) is 11.2. The Hall–Kier alpha value is -1.84. The van der Waals surface area contributed by atoms with Gasteiger partial charge in [0, 0.05) is 5.57 Å². The van der Waals surface area contributed by atoms with E-state index in [9.17, 15) is 9.59 Å². The fourth-order valence-electron chi connectivity index (χ4n) is 2.52. The predicted molar refractivity (Wildman–Crippen MR) is 88.7 cm³/mol. The average Bonchev–Trinajstić information content (AvgIpc) is 2.59. The molecule has 1 atom stereocenters. The zero-order valence-electron chi connectivity index (χ0n) is 14.1. The van der Waals surface area contributed by atoms with Crippen molar-refractivity contribution in [1.29, 1.82) is 0 Å². The lowest BCUT2D eigenvalue weighted by Crippen LogP contribution is -2.39. The van der Waals surface area contributed by atoms with Crippen LogP contribution in [0, 0.1) is 0 Å². The number of carbonyl (C=O) groups excluding carboxylic acids is 2. The second kappa shape index (κ2) is 7.97. The molecule has 4 nitrogen and oxygen atoms in total. The van der Waals surface area contributed by atoms with Gasteiger partial charge in [-0.3, -0.25) is 4.79 Å². The van der Waals surface area contributed by atoms with E-state index in [1.54, 1.807) is 0 Å². The minimum absolute atomic E-state index is 0.0183. The number of rotatable bonds is 3. The smallest absolute Gasteiger partial charge is 0.408 e. The van der Waals surface area contributed by atoms with Crippen LogP contribution in [0.5, 0.6) is 0 Å². The van der Waals surface area contributed by atoms with Crippen LogP contribution < -0.4 is 5.32 Å². The molecule has 1 rings (SSSR count). The van der Waals surface area contributed by atoms with Crippen molar-refractivity contribution >= 4 is 12.4 Å². The number of aldehydes is 1. The molecular weight excluding hydrogens is 278 g/mol. The summed E-state index contributed by atoms with van der Waals surface area (Å²) in [5.74, 6) is 0. The summed E-state index contributed by atoms with van der Waals surface area (Å²) in [6, 6.07) is -0.0183. The molecule has 0 spiro atoms. The molecule has 0 radical (unpaired) electrons. The standard InChI is InChI=1S/C18H27NO3/c1-6-15-9-7-14(11-13(2)12-20)8-10-16(15)19-17(21)22-18(3,4)5/h6,11-12,16H,2,7-10H2,1,3-5H3,(H,19,21)/b14-11+,15-6+. The highest BCUT2D eigenvalue weighted by Gasteiger charge is 2.23. The Kier molecular flexibility index (Phi) is 6.60. The number of hydrogen-bond acceptors (Lipinski definition) is 3. The summed E-state index contributed by atoms with van der Waals surface area (Å²) in [6.07, 6.45) is 7.69. The Morgan fingerprint density at radius 3 is 2.55 bits per heavy atom. The second-order valence-corrected chi connectivity index (χ2v) is 6.60. The van der Waals surface area contributed by atoms with E-state index in [4.69, 9.17) is 4.74 Å². The first kappa shape index (κ1) is 18.2. The van der Waals surface area contributed by atoms with Gasteiger partial charge in [-0.15, -0.1) is 0 Å². The van der Waals surface area contributed by atoms with E-state index >= 15 is 0 Å². The molecule has 1 aliphatic carbocycles. The van der Waals surface area contributed by atoms with Gasteiger partial charge in [0.05, 0.1) is 6.04 Å². The zero-order chi connectivity index (χ0) is 16.8. The van der Waals surface area contributed by atoms with Crippen LogP contribution in [0.15, 0.2) is 35.5 Å². The van der Waals surface area contributed by atoms with E-state index in [0.29, 0.717) is 5.57 Å². The highest BCUT2D eigenvalue weighted by molar-refractivity contribution is 5.76. The first-order valence-corrected chi connectivity index (χ1v) is 7.73. The monoisotopic (exact) mass is 305 g/mol. The summed E-state index contributed by atoms with van der Waals surface area (Å²) in [7, 11) is 0. The Balaban J connectivity index is 2.75. The molecule has 0 aromatic carbocycles. The number of alkyl carbamates (subject to hydrolysis) is 1. The molecule has 122 valence electrons. The maximum atomic E-state index is 12.0. The van der Waals surface area contributed by atoms with Crippen LogP contribution in [-0.4, -0.2) is 24.0 Å². The van der Waals surface area contributed by atoms with Crippen molar-refractivity contribution in [2.45, 2.75) is 65.0 Å². The fourth-order valence-corrected chi connectivity index (χ4v) is 2.52. The number of carbonyl (C=O) groups is 2. The van der Waals surface area contributed by atoms with Crippen LogP contribution >= 0.6 is 0 Å². The summed E-state index contributed by atoms with van der Waals surface area (Å²) >= 11 is 0. The van der Waals surface area contributed by atoms with E-state index in [1.165, 1.54) is 11.1 Å². The summed E-state index contributed by atoms with van der Waals surface area (Å²) in [5, 5.41) is 2.96. The second-order valence-electron chi connectivity index (χ2n) is 6.60.